The third-order valence-corrected chi connectivity index (χ3v) is 7.20. The highest BCUT2D eigenvalue weighted by atomic mass is 32.2. The number of aromatic hydroxyl groups is 1. The summed E-state index contributed by atoms with van der Waals surface area (Å²) in [6.07, 6.45) is 3.35. The average molecular weight is 512 g/mol. The number of esters is 1. The van der Waals surface area contributed by atoms with E-state index in [-0.39, 0.29) is 22.3 Å². The number of ether oxygens (including phenoxy) is 1. The summed E-state index contributed by atoms with van der Waals surface area (Å²) in [5.41, 5.74) is 0.651. The van der Waals surface area contributed by atoms with Crippen LogP contribution in [0.3, 0.4) is 0 Å². The number of thiazole rings is 1. The van der Waals surface area contributed by atoms with Crippen LogP contribution < -0.4 is 14.9 Å². The number of allylic oxidation sites excluding steroid dienone is 1. The number of aromatic nitrogens is 1. The summed E-state index contributed by atoms with van der Waals surface area (Å²) in [4.78, 5) is 42.9. The largest absolute Gasteiger partial charge is 0.502 e. The van der Waals surface area contributed by atoms with Gasteiger partial charge in [0.1, 0.15) is 0 Å². The van der Waals surface area contributed by atoms with E-state index in [1.54, 1.807) is 25.6 Å². The van der Waals surface area contributed by atoms with Crippen LogP contribution in [0.25, 0.3) is 6.08 Å². The van der Waals surface area contributed by atoms with Crippen LogP contribution in [-0.4, -0.2) is 33.4 Å². The number of hydrogen-bond donors (Lipinski definition) is 1. The van der Waals surface area contributed by atoms with Gasteiger partial charge in [0, 0.05) is 16.5 Å². The van der Waals surface area contributed by atoms with Crippen LogP contribution in [0.5, 0.6) is 5.75 Å². The molecule has 2 heterocycles. The van der Waals surface area contributed by atoms with Gasteiger partial charge < -0.3 is 9.84 Å². The van der Waals surface area contributed by atoms with Crippen molar-refractivity contribution in [1.82, 2.24) is 4.57 Å². The summed E-state index contributed by atoms with van der Waals surface area (Å²) in [6, 6.07) is 10.9. The normalized spacial score (nSPS) is 15.5. The predicted octanol–water partition coefficient (Wildman–Crippen LogP) is 3.13. The summed E-state index contributed by atoms with van der Waals surface area (Å²) in [7, 11) is 0. The van der Waals surface area contributed by atoms with Crippen LogP contribution in [0.15, 0.2) is 68.4 Å². The van der Waals surface area contributed by atoms with E-state index < -0.39 is 33.9 Å². The van der Waals surface area contributed by atoms with Gasteiger partial charge in [-0.05, 0) is 43.9 Å². The molecule has 180 valence electrons. The molecule has 0 saturated heterocycles. The maximum absolute atomic E-state index is 13.6. The number of phenols is 1. The molecule has 9 nitrogen and oxygen atoms in total. The summed E-state index contributed by atoms with van der Waals surface area (Å²) >= 11 is 2.65. The van der Waals surface area contributed by atoms with E-state index in [2.05, 4.69) is 4.99 Å². The van der Waals surface area contributed by atoms with Crippen molar-refractivity contribution in [2.75, 3.05) is 12.9 Å². The second-order valence-electron chi connectivity index (χ2n) is 7.55. The zero-order valence-corrected chi connectivity index (χ0v) is 20.7. The highest BCUT2D eigenvalue weighted by Crippen LogP contribution is 2.32. The molecule has 1 atom stereocenters. The first-order valence-corrected chi connectivity index (χ1v) is 12.6. The molecular weight excluding hydrogens is 490 g/mol. The van der Waals surface area contributed by atoms with Crippen LogP contribution in [0.1, 0.15) is 31.0 Å². The van der Waals surface area contributed by atoms with Crippen LogP contribution in [0.4, 0.5) is 5.69 Å². The van der Waals surface area contributed by atoms with Gasteiger partial charge >= 0.3 is 11.7 Å². The Morgan fingerprint density at radius 3 is 2.66 bits per heavy atom. The highest BCUT2D eigenvalue weighted by Gasteiger charge is 2.33. The number of nitrogens with zero attached hydrogens (tertiary/aromatic N) is 3. The van der Waals surface area contributed by atoms with E-state index in [4.69, 9.17) is 4.74 Å². The van der Waals surface area contributed by atoms with Crippen molar-refractivity contribution in [3.63, 3.8) is 0 Å². The Balaban J connectivity index is 1.95. The van der Waals surface area contributed by atoms with Gasteiger partial charge in [0.15, 0.2) is 4.80 Å². The fraction of sp³-hybridized carbons (Fsp3) is 0.208. The molecule has 1 aliphatic heterocycles. The van der Waals surface area contributed by atoms with Gasteiger partial charge in [-0.25, -0.2) is 9.79 Å². The summed E-state index contributed by atoms with van der Waals surface area (Å²) in [5.74, 6) is -1.09. The second-order valence-corrected chi connectivity index (χ2v) is 9.44. The zero-order chi connectivity index (χ0) is 25.3. The molecule has 0 fully saturated rings. The number of benzene rings is 2. The minimum atomic E-state index is -0.762. The van der Waals surface area contributed by atoms with Gasteiger partial charge in [-0.15, -0.1) is 11.8 Å². The van der Waals surface area contributed by atoms with E-state index >= 15 is 0 Å². The third-order valence-electron chi connectivity index (χ3n) is 5.48. The van der Waals surface area contributed by atoms with Crippen molar-refractivity contribution in [3.05, 3.63) is 94.7 Å². The van der Waals surface area contributed by atoms with Crippen molar-refractivity contribution in [3.8, 4) is 5.75 Å². The van der Waals surface area contributed by atoms with Gasteiger partial charge in [-0.2, -0.15) is 0 Å². The van der Waals surface area contributed by atoms with Crippen molar-refractivity contribution in [2.45, 2.75) is 24.8 Å². The minimum absolute atomic E-state index is 0.131. The molecule has 35 heavy (non-hydrogen) atoms. The summed E-state index contributed by atoms with van der Waals surface area (Å²) < 4.78 is 6.92. The number of rotatable bonds is 6. The van der Waals surface area contributed by atoms with E-state index in [1.165, 1.54) is 28.8 Å². The summed E-state index contributed by atoms with van der Waals surface area (Å²) in [6.45, 7) is 3.57. The van der Waals surface area contributed by atoms with E-state index in [1.807, 2.05) is 30.5 Å². The zero-order valence-electron chi connectivity index (χ0n) is 19.0. The van der Waals surface area contributed by atoms with Crippen LogP contribution >= 0.6 is 23.1 Å². The van der Waals surface area contributed by atoms with E-state index in [9.17, 15) is 24.8 Å². The Bertz CT molecular complexity index is 1540. The molecule has 11 heteroatoms. The molecule has 1 N–H and O–H groups in total. The fourth-order valence-electron chi connectivity index (χ4n) is 3.85. The smallest absolute Gasteiger partial charge is 0.338 e. The first kappa shape index (κ1) is 24.4. The maximum Gasteiger partial charge on any atom is 0.338 e. The number of nitro benzene ring substituents is 1. The topological polar surface area (TPSA) is 124 Å². The van der Waals surface area contributed by atoms with Crippen molar-refractivity contribution < 1.29 is 19.6 Å². The first-order chi connectivity index (χ1) is 16.8. The predicted molar refractivity (Wildman–Crippen MR) is 133 cm³/mol. The number of nitro groups is 1. The molecule has 0 saturated carbocycles. The van der Waals surface area contributed by atoms with Crippen molar-refractivity contribution in [2.24, 2.45) is 4.99 Å². The third kappa shape index (κ3) is 4.52. The lowest BCUT2D eigenvalue weighted by molar-refractivity contribution is -0.385. The van der Waals surface area contributed by atoms with Crippen LogP contribution in [-0.2, 0) is 9.53 Å². The molecule has 0 aliphatic carbocycles. The number of phenolic OH excluding ortho intramolecular Hbond substituents is 1. The minimum Gasteiger partial charge on any atom is -0.502 e. The molecule has 2 aromatic carbocycles. The first-order valence-electron chi connectivity index (χ1n) is 10.6. The maximum atomic E-state index is 13.6. The molecule has 1 aromatic heterocycles. The van der Waals surface area contributed by atoms with Crippen LogP contribution in [0.2, 0.25) is 0 Å². The van der Waals surface area contributed by atoms with Crippen LogP contribution in [0, 0.1) is 10.1 Å². The number of para-hydroxylation sites is 1. The number of hydrogen-bond acceptors (Lipinski definition) is 9. The molecule has 0 spiro atoms. The van der Waals surface area contributed by atoms with Crippen molar-refractivity contribution in [1.29, 1.82) is 0 Å². The number of fused-ring (bicyclic) bond motifs is 1. The van der Waals surface area contributed by atoms with Gasteiger partial charge in [0.25, 0.3) is 5.56 Å². The van der Waals surface area contributed by atoms with Gasteiger partial charge in [0.2, 0.25) is 5.75 Å². The molecule has 4 rings (SSSR count). The Hall–Kier alpha value is -3.70. The number of thioether (sulfide) groups is 1. The lowest BCUT2D eigenvalue weighted by Crippen LogP contribution is -2.39. The molecule has 0 unspecified atom stereocenters. The van der Waals surface area contributed by atoms with Gasteiger partial charge in [-0.3, -0.25) is 19.5 Å². The van der Waals surface area contributed by atoms with E-state index in [0.717, 1.165) is 16.2 Å². The second kappa shape index (κ2) is 9.88. The fourth-order valence-corrected chi connectivity index (χ4v) is 5.29. The quantitative estimate of drug-likeness (QED) is 0.233. The van der Waals surface area contributed by atoms with Gasteiger partial charge in [-0.1, -0.05) is 35.6 Å². The van der Waals surface area contributed by atoms with Crippen molar-refractivity contribution >= 4 is 40.8 Å². The molecule has 0 bridgehead atoms. The number of carbonyl (C=O) groups is 1. The Labute approximate surface area is 207 Å². The highest BCUT2D eigenvalue weighted by molar-refractivity contribution is 7.98. The summed E-state index contributed by atoms with van der Waals surface area (Å²) in [5, 5.41) is 21.5. The Morgan fingerprint density at radius 2 is 2.03 bits per heavy atom. The molecule has 1 aliphatic rings. The average Bonchev–Trinajstić information content (AvgIpc) is 3.13. The molecule has 0 amide bonds. The molecule has 3 aromatic rings. The lowest BCUT2D eigenvalue weighted by atomic mass is 9.96. The molecule has 0 radical (unpaired) electrons. The SMILES string of the molecule is CCOC(=O)C1=C(C)N=c2s/c(=C/c3cccc([N+](=O)[O-])c3O)c(=O)n2[C@@H]1c1ccc(SC)cc1. The standard InChI is InChI=1S/C24H21N3O6S2/c1-4-33-23(30)19-13(2)25-24-26(20(19)14-8-10-16(34-3)11-9-14)22(29)18(35-24)12-15-6-5-7-17(21(15)28)27(31)32/h5-12,20,28H,4H2,1-3H3/b18-12+/t20-/m1/s1. The Kier molecular flexibility index (Phi) is 6.90. The lowest BCUT2D eigenvalue weighted by Gasteiger charge is -2.24. The Morgan fingerprint density at radius 1 is 1.31 bits per heavy atom. The molecular formula is C24H21N3O6S2. The monoisotopic (exact) mass is 511 g/mol. The number of carbonyl (C=O) groups excluding carboxylic acids is 1. The van der Waals surface area contributed by atoms with Gasteiger partial charge in [0.05, 0.1) is 33.4 Å². The van der Waals surface area contributed by atoms with E-state index in [0.29, 0.717) is 16.1 Å².